The third-order valence-corrected chi connectivity index (χ3v) is 3.79. The Hall–Kier alpha value is -0.940. The zero-order valence-electron chi connectivity index (χ0n) is 8.35. The maximum absolute atomic E-state index is 10.7. The normalized spacial score (nSPS) is 19.3. The van der Waals surface area contributed by atoms with E-state index in [1.807, 2.05) is 5.38 Å². The zero-order valence-corrected chi connectivity index (χ0v) is 9.17. The van der Waals surface area contributed by atoms with Crippen LogP contribution in [0.15, 0.2) is 5.38 Å². The van der Waals surface area contributed by atoms with Crippen molar-refractivity contribution in [2.24, 2.45) is 5.73 Å². The molecule has 1 unspecified atom stereocenters. The van der Waals surface area contributed by atoms with Gasteiger partial charge in [0.15, 0.2) is 6.04 Å². The zero-order chi connectivity index (χ0) is 10.8. The highest BCUT2D eigenvalue weighted by molar-refractivity contribution is 7.09. The highest BCUT2D eigenvalue weighted by Crippen LogP contribution is 2.35. The van der Waals surface area contributed by atoms with E-state index in [9.17, 15) is 4.79 Å². The first kappa shape index (κ1) is 10.6. The molecule has 1 aromatic rings. The quantitative estimate of drug-likeness (QED) is 0.825. The molecule has 0 saturated heterocycles. The number of hydrogen-bond acceptors (Lipinski definition) is 4. The Kier molecular flexibility index (Phi) is 3.02. The fourth-order valence-corrected chi connectivity index (χ4v) is 2.85. The molecule has 0 radical (unpaired) electrons. The van der Waals surface area contributed by atoms with E-state index in [0.29, 0.717) is 10.9 Å². The van der Waals surface area contributed by atoms with Gasteiger partial charge in [-0.05, 0) is 12.8 Å². The summed E-state index contributed by atoms with van der Waals surface area (Å²) in [4.78, 5) is 15.0. The highest BCUT2D eigenvalue weighted by atomic mass is 32.1. The van der Waals surface area contributed by atoms with E-state index in [-0.39, 0.29) is 0 Å². The van der Waals surface area contributed by atoms with E-state index in [1.165, 1.54) is 37.0 Å². The summed E-state index contributed by atoms with van der Waals surface area (Å²) in [5.41, 5.74) is 6.53. The molecular weight excluding hydrogens is 212 g/mol. The van der Waals surface area contributed by atoms with Crippen LogP contribution >= 0.6 is 11.3 Å². The lowest BCUT2D eigenvalue weighted by Crippen LogP contribution is -2.20. The predicted molar refractivity (Wildman–Crippen MR) is 57.9 cm³/mol. The largest absolute Gasteiger partial charge is 0.480 e. The number of carboxylic acid groups (broad SMARTS) is 1. The Balaban J connectivity index is 2.12. The molecule has 0 spiro atoms. The minimum Gasteiger partial charge on any atom is -0.480 e. The van der Waals surface area contributed by atoms with Crippen molar-refractivity contribution in [1.29, 1.82) is 0 Å². The number of aliphatic carboxylic acids is 1. The number of nitrogens with two attached hydrogens (primary N) is 1. The molecule has 1 atom stereocenters. The van der Waals surface area contributed by atoms with Crippen molar-refractivity contribution in [3.8, 4) is 0 Å². The van der Waals surface area contributed by atoms with Gasteiger partial charge in [0.2, 0.25) is 0 Å². The van der Waals surface area contributed by atoms with Gasteiger partial charge in [0.25, 0.3) is 0 Å². The predicted octanol–water partition coefficient (Wildman–Crippen LogP) is 1.89. The highest BCUT2D eigenvalue weighted by Gasteiger charge is 2.23. The maximum atomic E-state index is 10.7. The molecule has 1 aliphatic rings. The minimum atomic E-state index is -1.01. The Bertz CT molecular complexity index is 358. The summed E-state index contributed by atoms with van der Waals surface area (Å²) >= 11 is 1.36. The smallest absolute Gasteiger partial charge is 0.327 e. The molecule has 2 rings (SSSR count). The number of aromatic nitrogens is 1. The van der Waals surface area contributed by atoms with Gasteiger partial charge in [-0.3, -0.25) is 4.79 Å². The van der Waals surface area contributed by atoms with Crippen molar-refractivity contribution in [3.63, 3.8) is 0 Å². The molecule has 1 aliphatic carbocycles. The second kappa shape index (κ2) is 4.28. The lowest BCUT2D eigenvalue weighted by Gasteiger charge is -2.04. The Labute approximate surface area is 92.1 Å². The van der Waals surface area contributed by atoms with Crippen LogP contribution in [0.25, 0.3) is 0 Å². The first-order valence-corrected chi connectivity index (χ1v) is 6.00. The van der Waals surface area contributed by atoms with Crippen molar-refractivity contribution in [1.82, 2.24) is 4.98 Å². The van der Waals surface area contributed by atoms with Gasteiger partial charge in [-0.2, -0.15) is 0 Å². The second-order valence-electron chi connectivity index (χ2n) is 3.91. The van der Waals surface area contributed by atoms with Crippen LogP contribution in [0.4, 0.5) is 0 Å². The molecule has 5 heteroatoms. The van der Waals surface area contributed by atoms with Crippen molar-refractivity contribution in [2.45, 2.75) is 37.6 Å². The van der Waals surface area contributed by atoms with Crippen LogP contribution in [0, 0.1) is 0 Å². The number of carboxylic acids is 1. The topological polar surface area (TPSA) is 76.2 Å². The molecule has 1 saturated carbocycles. The molecule has 1 fully saturated rings. The fourth-order valence-electron chi connectivity index (χ4n) is 1.96. The first-order chi connectivity index (χ1) is 7.18. The minimum absolute atomic E-state index is 0.518. The van der Waals surface area contributed by atoms with Crippen LogP contribution in [-0.4, -0.2) is 16.1 Å². The number of carbonyl (C=O) groups is 1. The number of hydrogen-bond donors (Lipinski definition) is 2. The molecule has 15 heavy (non-hydrogen) atoms. The third kappa shape index (κ3) is 2.18. The van der Waals surface area contributed by atoms with Gasteiger partial charge in [0.1, 0.15) is 5.01 Å². The molecule has 1 heterocycles. The molecule has 0 aliphatic heterocycles. The standard InChI is InChI=1S/C10H14N2O2S/c11-8(10(13)14)9-12-7(5-15-9)6-3-1-2-4-6/h5-6,8H,1-4,11H2,(H,13,14). The van der Waals surface area contributed by atoms with Gasteiger partial charge >= 0.3 is 5.97 Å². The summed E-state index contributed by atoms with van der Waals surface area (Å²) < 4.78 is 0. The number of rotatable bonds is 3. The summed E-state index contributed by atoms with van der Waals surface area (Å²) in [6.45, 7) is 0. The Morgan fingerprint density at radius 2 is 2.27 bits per heavy atom. The summed E-state index contributed by atoms with van der Waals surface area (Å²) in [5, 5.41) is 11.2. The Morgan fingerprint density at radius 3 is 2.87 bits per heavy atom. The summed E-state index contributed by atoms with van der Waals surface area (Å²) in [6.07, 6.45) is 4.85. The van der Waals surface area contributed by atoms with Crippen molar-refractivity contribution >= 4 is 17.3 Å². The third-order valence-electron chi connectivity index (χ3n) is 2.85. The lowest BCUT2D eigenvalue weighted by molar-refractivity contribution is -0.138. The van der Waals surface area contributed by atoms with Crippen LogP contribution in [-0.2, 0) is 4.79 Å². The molecule has 4 nitrogen and oxygen atoms in total. The monoisotopic (exact) mass is 226 g/mol. The lowest BCUT2D eigenvalue weighted by atomic mass is 10.1. The van der Waals surface area contributed by atoms with Crippen LogP contribution in [0.1, 0.15) is 48.3 Å². The molecule has 1 aromatic heterocycles. The van der Waals surface area contributed by atoms with E-state index in [2.05, 4.69) is 4.98 Å². The van der Waals surface area contributed by atoms with Gasteiger partial charge in [0, 0.05) is 11.3 Å². The summed E-state index contributed by atoms with van der Waals surface area (Å²) in [5.74, 6) is -0.488. The van der Waals surface area contributed by atoms with Crippen LogP contribution in [0.5, 0.6) is 0 Å². The van der Waals surface area contributed by atoms with Gasteiger partial charge in [0.05, 0.1) is 5.69 Å². The van der Waals surface area contributed by atoms with Crippen LogP contribution in [0.2, 0.25) is 0 Å². The molecule has 0 amide bonds. The van der Waals surface area contributed by atoms with E-state index < -0.39 is 12.0 Å². The molecular formula is C10H14N2O2S. The average molecular weight is 226 g/mol. The maximum Gasteiger partial charge on any atom is 0.327 e. The molecule has 0 bridgehead atoms. The van der Waals surface area contributed by atoms with Crippen molar-refractivity contribution < 1.29 is 9.90 Å². The SMILES string of the molecule is NC(C(=O)O)c1nc(C2CCCC2)cs1. The summed E-state index contributed by atoms with van der Waals surface area (Å²) in [6, 6.07) is -0.967. The van der Waals surface area contributed by atoms with E-state index in [1.54, 1.807) is 0 Å². The average Bonchev–Trinajstić information content (AvgIpc) is 2.86. The molecule has 82 valence electrons. The van der Waals surface area contributed by atoms with E-state index >= 15 is 0 Å². The van der Waals surface area contributed by atoms with Gasteiger partial charge in [-0.15, -0.1) is 11.3 Å². The number of thiazole rings is 1. The van der Waals surface area contributed by atoms with Crippen LogP contribution in [0.3, 0.4) is 0 Å². The van der Waals surface area contributed by atoms with E-state index in [0.717, 1.165) is 5.69 Å². The van der Waals surface area contributed by atoms with E-state index in [4.69, 9.17) is 10.8 Å². The second-order valence-corrected chi connectivity index (χ2v) is 4.80. The number of nitrogens with zero attached hydrogens (tertiary/aromatic N) is 1. The molecule has 3 N–H and O–H groups in total. The summed E-state index contributed by atoms with van der Waals surface area (Å²) in [7, 11) is 0. The van der Waals surface area contributed by atoms with Gasteiger partial charge in [-0.1, -0.05) is 12.8 Å². The van der Waals surface area contributed by atoms with Gasteiger partial charge < -0.3 is 10.8 Å². The van der Waals surface area contributed by atoms with Crippen molar-refractivity contribution in [3.05, 3.63) is 16.1 Å². The molecule has 0 aromatic carbocycles. The fraction of sp³-hybridized carbons (Fsp3) is 0.600. The van der Waals surface area contributed by atoms with Crippen molar-refractivity contribution in [2.75, 3.05) is 0 Å². The first-order valence-electron chi connectivity index (χ1n) is 5.12. The van der Waals surface area contributed by atoms with Gasteiger partial charge in [-0.25, -0.2) is 4.98 Å². The Morgan fingerprint density at radius 1 is 1.60 bits per heavy atom. The van der Waals surface area contributed by atoms with Crippen LogP contribution < -0.4 is 5.73 Å².